The molecule has 0 spiro atoms. The molecule has 9 nitrogen and oxygen atoms in total. The van der Waals surface area contributed by atoms with Gasteiger partial charge >= 0.3 is 12.1 Å². The fourth-order valence-corrected chi connectivity index (χ4v) is 6.03. The Bertz CT molecular complexity index is 1410. The molecule has 38 heavy (non-hydrogen) atoms. The van der Waals surface area contributed by atoms with Crippen LogP contribution in [0.1, 0.15) is 37.3 Å². The zero-order valence-electron chi connectivity index (χ0n) is 20.2. The molecule has 2 aliphatic rings. The van der Waals surface area contributed by atoms with Crippen molar-refractivity contribution in [2.45, 2.75) is 37.6 Å². The van der Waals surface area contributed by atoms with Crippen LogP contribution in [0.3, 0.4) is 0 Å². The van der Waals surface area contributed by atoms with Crippen LogP contribution in [0.4, 0.5) is 13.2 Å². The van der Waals surface area contributed by atoms with E-state index in [9.17, 15) is 27.6 Å². The zero-order chi connectivity index (χ0) is 27.2. The third kappa shape index (κ3) is 5.49. The summed E-state index contributed by atoms with van der Waals surface area (Å²) in [5, 5.41) is 6.95. The summed E-state index contributed by atoms with van der Waals surface area (Å²) in [4.78, 5) is 49.2. The standard InChI is InChI=1S/C24H24ClF3N6O3S/c1-33-6-4-16-19(11-33)38-22(32-16)21(36)31-18-10-34(23(37)24(26,27)28)7-5-15(18)30-20(35)17-9-12-8-13(25)2-3-14(12)29-17/h2-3,8-9,15,18,29H,4-7,10-11H2,1H3,(H,30,35)(H,31,36). The lowest BCUT2D eigenvalue weighted by molar-refractivity contribution is -0.186. The van der Waals surface area contributed by atoms with Crippen LogP contribution in [0.25, 0.3) is 10.9 Å². The van der Waals surface area contributed by atoms with E-state index in [0.717, 1.165) is 22.5 Å². The van der Waals surface area contributed by atoms with Gasteiger partial charge in [-0.1, -0.05) is 11.6 Å². The van der Waals surface area contributed by atoms with E-state index in [1.54, 1.807) is 24.3 Å². The third-order valence-electron chi connectivity index (χ3n) is 6.72. The van der Waals surface area contributed by atoms with Crippen molar-refractivity contribution < 1.29 is 27.6 Å². The number of hydrogen-bond donors (Lipinski definition) is 3. The number of alkyl halides is 3. The Morgan fingerprint density at radius 1 is 1.13 bits per heavy atom. The predicted molar refractivity (Wildman–Crippen MR) is 135 cm³/mol. The van der Waals surface area contributed by atoms with Gasteiger partial charge in [0.1, 0.15) is 5.69 Å². The minimum Gasteiger partial charge on any atom is -0.351 e. The van der Waals surface area contributed by atoms with Gasteiger partial charge in [0.15, 0.2) is 5.01 Å². The van der Waals surface area contributed by atoms with Gasteiger partial charge in [-0.05, 0) is 37.7 Å². The maximum absolute atomic E-state index is 13.1. The molecule has 2 atom stereocenters. The highest BCUT2D eigenvalue weighted by Gasteiger charge is 2.45. The molecule has 2 aromatic heterocycles. The van der Waals surface area contributed by atoms with E-state index < -0.39 is 42.5 Å². The average molecular weight is 569 g/mol. The van der Waals surface area contributed by atoms with Gasteiger partial charge in [-0.2, -0.15) is 13.2 Å². The number of nitrogens with zero attached hydrogens (tertiary/aromatic N) is 3. The van der Waals surface area contributed by atoms with E-state index in [1.807, 2.05) is 7.05 Å². The number of thiazole rings is 1. The van der Waals surface area contributed by atoms with E-state index in [1.165, 1.54) is 11.3 Å². The summed E-state index contributed by atoms with van der Waals surface area (Å²) in [5.74, 6) is -3.04. The molecule has 14 heteroatoms. The van der Waals surface area contributed by atoms with Crippen LogP contribution in [0.5, 0.6) is 0 Å². The largest absolute Gasteiger partial charge is 0.471 e. The number of piperidine rings is 1. The number of H-pyrrole nitrogens is 1. The number of likely N-dealkylation sites (tertiary alicyclic amines) is 1. The number of amides is 3. The van der Waals surface area contributed by atoms with Gasteiger partial charge < -0.3 is 25.4 Å². The number of rotatable bonds is 4. The average Bonchev–Trinajstić information content (AvgIpc) is 3.47. The molecule has 5 rings (SSSR count). The summed E-state index contributed by atoms with van der Waals surface area (Å²) in [6, 6.07) is 5.02. The van der Waals surface area contributed by atoms with Crippen molar-refractivity contribution in [2.75, 3.05) is 26.7 Å². The summed E-state index contributed by atoms with van der Waals surface area (Å²) in [6.45, 7) is 0.829. The fraction of sp³-hybridized carbons (Fsp3) is 0.417. The van der Waals surface area contributed by atoms with E-state index in [-0.39, 0.29) is 23.7 Å². The molecule has 2 unspecified atom stereocenters. The number of fused-ring (bicyclic) bond motifs is 2. The van der Waals surface area contributed by atoms with Gasteiger partial charge in [0.2, 0.25) is 0 Å². The first-order valence-electron chi connectivity index (χ1n) is 11.9. The molecule has 3 amide bonds. The number of carbonyl (C=O) groups excluding carboxylic acids is 3. The molecular formula is C24H24ClF3N6O3S. The molecular weight excluding hydrogens is 545 g/mol. The Morgan fingerprint density at radius 3 is 2.66 bits per heavy atom. The smallest absolute Gasteiger partial charge is 0.351 e. The highest BCUT2D eigenvalue weighted by molar-refractivity contribution is 7.13. The van der Waals surface area contributed by atoms with E-state index in [2.05, 4.69) is 25.5 Å². The number of carbonyl (C=O) groups is 3. The molecule has 3 N–H and O–H groups in total. The van der Waals surface area contributed by atoms with Crippen LogP contribution in [0, 0.1) is 0 Å². The minimum absolute atomic E-state index is 0.0176. The zero-order valence-corrected chi connectivity index (χ0v) is 21.8. The van der Waals surface area contributed by atoms with E-state index in [0.29, 0.717) is 28.4 Å². The van der Waals surface area contributed by atoms with Crippen LogP contribution in [0.15, 0.2) is 24.3 Å². The summed E-state index contributed by atoms with van der Waals surface area (Å²) < 4.78 is 39.4. The Labute approximate surface area is 224 Å². The van der Waals surface area contributed by atoms with E-state index in [4.69, 9.17) is 11.6 Å². The minimum atomic E-state index is -5.04. The molecule has 2 aliphatic heterocycles. The lowest BCUT2D eigenvalue weighted by Crippen LogP contribution is -2.62. The van der Waals surface area contributed by atoms with Crippen molar-refractivity contribution in [1.82, 2.24) is 30.4 Å². The van der Waals surface area contributed by atoms with Crippen molar-refractivity contribution >= 4 is 51.6 Å². The molecule has 0 aliphatic carbocycles. The summed E-state index contributed by atoms with van der Waals surface area (Å²) >= 11 is 7.25. The summed E-state index contributed by atoms with van der Waals surface area (Å²) in [6.07, 6.45) is -4.33. The van der Waals surface area contributed by atoms with Gasteiger partial charge in [-0.15, -0.1) is 11.3 Å². The quantitative estimate of drug-likeness (QED) is 0.448. The lowest BCUT2D eigenvalue weighted by atomic mass is 9.98. The first-order valence-corrected chi connectivity index (χ1v) is 13.1. The monoisotopic (exact) mass is 568 g/mol. The van der Waals surface area contributed by atoms with Crippen molar-refractivity contribution in [3.8, 4) is 0 Å². The molecule has 1 fully saturated rings. The molecule has 0 saturated carbocycles. The highest BCUT2D eigenvalue weighted by Crippen LogP contribution is 2.26. The van der Waals surface area contributed by atoms with Gasteiger partial charge in [0, 0.05) is 53.4 Å². The van der Waals surface area contributed by atoms with Gasteiger partial charge in [0.25, 0.3) is 11.8 Å². The predicted octanol–water partition coefficient (Wildman–Crippen LogP) is 2.96. The van der Waals surface area contributed by atoms with Crippen molar-refractivity contribution in [2.24, 2.45) is 0 Å². The van der Waals surface area contributed by atoms with Gasteiger partial charge in [-0.25, -0.2) is 4.98 Å². The topological polar surface area (TPSA) is 110 Å². The van der Waals surface area contributed by atoms with Gasteiger partial charge in [0.05, 0.1) is 17.8 Å². The van der Waals surface area contributed by atoms with E-state index >= 15 is 0 Å². The summed E-state index contributed by atoms with van der Waals surface area (Å²) in [7, 11) is 1.96. The van der Waals surface area contributed by atoms with Crippen LogP contribution in [-0.2, 0) is 17.8 Å². The van der Waals surface area contributed by atoms with Crippen molar-refractivity contribution in [3.05, 3.63) is 50.6 Å². The Kier molecular flexibility index (Phi) is 7.09. The number of likely N-dealkylation sites (N-methyl/N-ethyl adjacent to an activating group) is 1. The third-order valence-corrected chi connectivity index (χ3v) is 8.04. The van der Waals surface area contributed by atoms with Gasteiger partial charge in [-0.3, -0.25) is 14.4 Å². The Hall–Kier alpha value is -3.16. The van der Waals surface area contributed by atoms with Crippen LogP contribution in [-0.4, -0.2) is 82.4 Å². The second-order valence-corrected chi connectivity index (χ2v) is 11.0. The number of hydrogen-bond acceptors (Lipinski definition) is 6. The summed E-state index contributed by atoms with van der Waals surface area (Å²) in [5.41, 5.74) is 1.76. The van der Waals surface area contributed by atoms with Crippen LogP contribution in [0.2, 0.25) is 5.02 Å². The Morgan fingerprint density at radius 2 is 1.89 bits per heavy atom. The first-order chi connectivity index (χ1) is 18.0. The second-order valence-electron chi connectivity index (χ2n) is 9.49. The number of aromatic amines is 1. The number of halogens is 4. The maximum atomic E-state index is 13.1. The number of nitrogens with one attached hydrogen (secondary N) is 3. The van der Waals surface area contributed by atoms with Crippen LogP contribution >= 0.6 is 22.9 Å². The number of aromatic nitrogens is 2. The first kappa shape index (κ1) is 26.4. The molecule has 202 valence electrons. The molecule has 0 bridgehead atoms. The molecule has 0 radical (unpaired) electrons. The second kappa shape index (κ2) is 10.2. The van der Waals surface area contributed by atoms with Crippen molar-refractivity contribution in [1.29, 1.82) is 0 Å². The molecule has 1 aromatic carbocycles. The molecule has 3 aromatic rings. The van der Waals surface area contributed by atoms with Crippen LogP contribution < -0.4 is 10.6 Å². The Balaban J connectivity index is 1.35. The molecule has 4 heterocycles. The SMILES string of the molecule is CN1CCc2nc(C(=O)NC3CN(C(=O)C(F)(F)F)CCC3NC(=O)c3cc4cc(Cl)ccc4[nH]3)sc2C1. The fourth-order valence-electron chi connectivity index (χ4n) is 4.76. The number of benzene rings is 1. The maximum Gasteiger partial charge on any atom is 0.471 e. The van der Waals surface area contributed by atoms with Crippen molar-refractivity contribution in [3.63, 3.8) is 0 Å². The lowest BCUT2D eigenvalue weighted by Gasteiger charge is -2.39. The highest BCUT2D eigenvalue weighted by atomic mass is 35.5. The normalized spacial score (nSPS) is 20.3. The molecule has 1 saturated heterocycles.